The maximum absolute atomic E-state index is 11.9. The summed E-state index contributed by atoms with van der Waals surface area (Å²) in [4.78, 5) is 11.9. The molecule has 3 aromatic rings. The molecule has 1 aromatic heterocycles. The second-order valence-corrected chi connectivity index (χ2v) is 8.85. The van der Waals surface area contributed by atoms with Crippen LogP contribution >= 0.6 is 23.2 Å². The highest BCUT2D eigenvalue weighted by atomic mass is 35.5. The average molecular weight is 438 g/mol. The molecule has 0 fully saturated rings. The van der Waals surface area contributed by atoms with E-state index in [4.69, 9.17) is 23.2 Å². The zero-order chi connectivity index (χ0) is 20.3. The number of amides is 1. The molecule has 0 spiro atoms. The van der Waals surface area contributed by atoms with Gasteiger partial charge in [-0.1, -0.05) is 35.3 Å². The number of aryl methyl sites for hydroxylation is 1. The molecule has 3 rings (SSSR count). The van der Waals surface area contributed by atoms with Crippen LogP contribution in [0.2, 0.25) is 10.0 Å². The third kappa shape index (κ3) is 5.34. The van der Waals surface area contributed by atoms with Gasteiger partial charge in [-0.25, -0.2) is 13.1 Å². The van der Waals surface area contributed by atoms with Crippen LogP contribution in [0.25, 0.3) is 16.9 Å². The van der Waals surface area contributed by atoms with Gasteiger partial charge in [0, 0.05) is 28.2 Å². The number of halogens is 2. The minimum absolute atomic E-state index is 0.0139. The normalized spacial score (nSPS) is 11.4. The molecule has 0 atom stereocenters. The monoisotopic (exact) mass is 437 g/mol. The highest BCUT2D eigenvalue weighted by molar-refractivity contribution is 7.89. The molecule has 0 aliphatic heterocycles. The molecule has 0 saturated heterocycles. The van der Waals surface area contributed by atoms with Gasteiger partial charge in [-0.05, 0) is 48.4 Å². The van der Waals surface area contributed by atoms with E-state index in [1.54, 1.807) is 28.9 Å². The number of rotatable bonds is 6. The molecule has 1 amide bonds. The van der Waals surface area contributed by atoms with E-state index in [2.05, 4.69) is 5.10 Å². The summed E-state index contributed by atoms with van der Waals surface area (Å²) in [6, 6.07) is 14.4. The first-order valence-corrected chi connectivity index (χ1v) is 11.0. The van der Waals surface area contributed by atoms with Gasteiger partial charge < -0.3 is 0 Å². The second kappa shape index (κ2) is 8.34. The quantitative estimate of drug-likeness (QED) is 0.634. The molecule has 0 aliphatic carbocycles. The number of hydrogen-bond acceptors (Lipinski definition) is 4. The number of sulfonamides is 1. The molecule has 28 heavy (non-hydrogen) atoms. The van der Waals surface area contributed by atoms with Crippen molar-refractivity contribution in [1.82, 2.24) is 14.5 Å². The number of aromatic nitrogens is 2. The summed E-state index contributed by atoms with van der Waals surface area (Å²) >= 11 is 11.9. The first-order chi connectivity index (χ1) is 13.2. The standard InChI is InChI=1S/C19H17Cl2N3O3S/c1-28(26,27)23-18(25)11-4-14-12-24(17-9-7-16(21)8-10-17)22-19(14)13-2-5-15(20)6-3-13/h2-3,5-10,12H,4,11H2,1H3,(H,23,25). The van der Waals surface area contributed by atoms with Gasteiger partial charge in [-0.15, -0.1) is 0 Å². The van der Waals surface area contributed by atoms with Gasteiger partial charge in [0.15, 0.2) is 0 Å². The van der Waals surface area contributed by atoms with Gasteiger partial charge in [0.1, 0.15) is 0 Å². The van der Waals surface area contributed by atoms with Crippen molar-refractivity contribution in [2.75, 3.05) is 6.26 Å². The van der Waals surface area contributed by atoms with Crippen LogP contribution in [0.4, 0.5) is 0 Å². The topological polar surface area (TPSA) is 81.1 Å². The lowest BCUT2D eigenvalue weighted by Crippen LogP contribution is -2.29. The van der Waals surface area contributed by atoms with E-state index in [1.165, 1.54) is 0 Å². The van der Waals surface area contributed by atoms with Gasteiger partial charge >= 0.3 is 0 Å². The third-order valence-electron chi connectivity index (χ3n) is 3.92. The molecule has 0 radical (unpaired) electrons. The fourth-order valence-corrected chi connectivity index (χ4v) is 3.44. The highest BCUT2D eigenvalue weighted by Gasteiger charge is 2.15. The minimum atomic E-state index is -3.58. The number of carbonyl (C=O) groups is 1. The fraction of sp³-hybridized carbons (Fsp3) is 0.158. The van der Waals surface area contributed by atoms with Crippen molar-refractivity contribution in [3.63, 3.8) is 0 Å². The van der Waals surface area contributed by atoms with Crippen LogP contribution in [0, 0.1) is 0 Å². The summed E-state index contributed by atoms with van der Waals surface area (Å²) in [6.45, 7) is 0. The molecule has 0 unspecified atom stereocenters. The summed E-state index contributed by atoms with van der Waals surface area (Å²) in [5, 5.41) is 5.87. The van der Waals surface area contributed by atoms with Crippen LogP contribution in [0.5, 0.6) is 0 Å². The van der Waals surface area contributed by atoms with Gasteiger partial charge in [-0.3, -0.25) is 9.52 Å². The van der Waals surface area contributed by atoms with Crippen LogP contribution in [0.1, 0.15) is 12.0 Å². The molecule has 9 heteroatoms. The fourth-order valence-electron chi connectivity index (χ4n) is 2.68. The lowest BCUT2D eigenvalue weighted by molar-refractivity contribution is -0.119. The van der Waals surface area contributed by atoms with Crippen molar-refractivity contribution in [1.29, 1.82) is 0 Å². The van der Waals surface area contributed by atoms with E-state index in [1.807, 2.05) is 35.2 Å². The molecule has 1 N–H and O–H groups in total. The van der Waals surface area contributed by atoms with Gasteiger partial charge in [-0.2, -0.15) is 5.10 Å². The summed E-state index contributed by atoms with van der Waals surface area (Å²) < 4.78 is 26.1. The van der Waals surface area contributed by atoms with Crippen LogP contribution in [-0.4, -0.2) is 30.4 Å². The molecule has 146 valence electrons. The van der Waals surface area contributed by atoms with Gasteiger partial charge in [0.25, 0.3) is 0 Å². The van der Waals surface area contributed by atoms with Crippen molar-refractivity contribution >= 4 is 39.1 Å². The lowest BCUT2D eigenvalue weighted by atomic mass is 10.0. The number of carbonyl (C=O) groups excluding carboxylic acids is 1. The smallest absolute Gasteiger partial charge is 0.233 e. The van der Waals surface area contributed by atoms with Crippen molar-refractivity contribution in [3.05, 3.63) is 70.3 Å². The Kier molecular flexibility index (Phi) is 6.07. The third-order valence-corrected chi connectivity index (χ3v) is 5.02. The van der Waals surface area contributed by atoms with Crippen LogP contribution in [0.15, 0.2) is 54.7 Å². The van der Waals surface area contributed by atoms with Crippen molar-refractivity contribution in [2.45, 2.75) is 12.8 Å². The van der Waals surface area contributed by atoms with E-state index < -0.39 is 15.9 Å². The minimum Gasteiger partial charge on any atom is -0.274 e. The molecule has 0 aliphatic rings. The van der Waals surface area contributed by atoms with E-state index in [-0.39, 0.29) is 6.42 Å². The SMILES string of the molecule is CS(=O)(=O)NC(=O)CCc1cn(-c2ccc(Cl)cc2)nc1-c1ccc(Cl)cc1. The van der Waals surface area contributed by atoms with Gasteiger partial charge in [0.2, 0.25) is 15.9 Å². The van der Waals surface area contributed by atoms with Crippen LogP contribution < -0.4 is 4.72 Å². The molecular weight excluding hydrogens is 421 g/mol. The van der Waals surface area contributed by atoms with Crippen LogP contribution in [-0.2, 0) is 21.2 Å². The first kappa shape index (κ1) is 20.4. The summed E-state index contributed by atoms with van der Waals surface area (Å²) in [5.74, 6) is -0.566. The predicted octanol–water partition coefficient (Wildman–Crippen LogP) is 3.85. The molecule has 6 nitrogen and oxygen atoms in total. The lowest BCUT2D eigenvalue weighted by Gasteiger charge is -2.04. The highest BCUT2D eigenvalue weighted by Crippen LogP contribution is 2.26. The van der Waals surface area contributed by atoms with Gasteiger partial charge in [0.05, 0.1) is 17.6 Å². The Morgan fingerprint density at radius 2 is 1.61 bits per heavy atom. The zero-order valence-corrected chi connectivity index (χ0v) is 17.2. The number of nitrogens with one attached hydrogen (secondary N) is 1. The Labute approximate surface area is 173 Å². The first-order valence-electron chi connectivity index (χ1n) is 8.32. The summed E-state index contributed by atoms with van der Waals surface area (Å²) in [7, 11) is -3.58. The average Bonchev–Trinajstić information content (AvgIpc) is 3.04. The molecule has 0 bridgehead atoms. The zero-order valence-electron chi connectivity index (χ0n) is 14.9. The molecule has 0 saturated carbocycles. The van der Waals surface area contributed by atoms with E-state index in [9.17, 15) is 13.2 Å². The molecule has 2 aromatic carbocycles. The van der Waals surface area contributed by atoms with Crippen molar-refractivity contribution < 1.29 is 13.2 Å². The maximum atomic E-state index is 11.9. The molecule has 1 heterocycles. The summed E-state index contributed by atoms with van der Waals surface area (Å²) in [5.41, 5.74) is 3.15. The predicted molar refractivity (Wildman–Crippen MR) is 110 cm³/mol. The summed E-state index contributed by atoms with van der Waals surface area (Å²) in [6.07, 6.45) is 3.11. The number of benzene rings is 2. The van der Waals surface area contributed by atoms with E-state index in [0.717, 1.165) is 23.1 Å². The Bertz CT molecular complexity index is 1090. The second-order valence-electron chi connectivity index (χ2n) is 6.23. The largest absolute Gasteiger partial charge is 0.274 e. The van der Waals surface area contributed by atoms with E-state index in [0.29, 0.717) is 22.2 Å². The van der Waals surface area contributed by atoms with Crippen molar-refractivity contribution in [3.8, 4) is 16.9 Å². The molecular formula is C19H17Cl2N3O3S. The Hall–Kier alpha value is -2.35. The van der Waals surface area contributed by atoms with E-state index >= 15 is 0 Å². The Balaban J connectivity index is 1.93. The van der Waals surface area contributed by atoms with Crippen LogP contribution in [0.3, 0.4) is 0 Å². The number of nitrogens with zero attached hydrogens (tertiary/aromatic N) is 2. The Morgan fingerprint density at radius 1 is 1.04 bits per heavy atom. The maximum Gasteiger partial charge on any atom is 0.233 e. The Morgan fingerprint density at radius 3 is 2.18 bits per heavy atom. The van der Waals surface area contributed by atoms with Crippen molar-refractivity contribution in [2.24, 2.45) is 0 Å². The number of hydrogen-bond donors (Lipinski definition) is 1.